The first kappa shape index (κ1) is 12.6. The first-order chi connectivity index (χ1) is 8.02. The molecule has 1 aliphatic rings. The fourth-order valence-corrected chi connectivity index (χ4v) is 1.15. The predicted octanol–water partition coefficient (Wildman–Crippen LogP) is 0.240. The number of carbonyl (C=O) groups excluding carboxylic acids is 2. The van der Waals surface area contributed by atoms with Crippen LogP contribution in [-0.2, 0) is 9.59 Å². The minimum atomic E-state index is -1.09. The quantitative estimate of drug-likeness (QED) is 0.728. The topological polar surface area (TPSA) is 113 Å². The van der Waals surface area contributed by atoms with E-state index in [-0.39, 0.29) is 18.7 Å². The van der Waals surface area contributed by atoms with Crippen LogP contribution in [0.2, 0.25) is 0 Å². The SMILES string of the molecule is NC(=O)N1C=CC=CN=C1C(=O)CCC(=O)O. The van der Waals surface area contributed by atoms with Crippen molar-refractivity contribution in [1.29, 1.82) is 0 Å². The number of carbonyl (C=O) groups is 3. The maximum atomic E-state index is 11.7. The molecule has 1 heterocycles. The smallest absolute Gasteiger partial charge is 0.324 e. The lowest BCUT2D eigenvalue weighted by molar-refractivity contribution is -0.138. The summed E-state index contributed by atoms with van der Waals surface area (Å²) >= 11 is 0. The van der Waals surface area contributed by atoms with Gasteiger partial charge in [0.1, 0.15) is 0 Å². The van der Waals surface area contributed by atoms with Gasteiger partial charge in [0.2, 0.25) is 0 Å². The number of urea groups is 1. The van der Waals surface area contributed by atoms with Crippen LogP contribution in [0.3, 0.4) is 0 Å². The van der Waals surface area contributed by atoms with Gasteiger partial charge in [-0.15, -0.1) is 0 Å². The van der Waals surface area contributed by atoms with Crippen molar-refractivity contribution in [3.63, 3.8) is 0 Å². The Kier molecular flexibility index (Phi) is 4.15. The van der Waals surface area contributed by atoms with Crippen molar-refractivity contribution in [2.45, 2.75) is 12.8 Å². The second-order valence-electron chi connectivity index (χ2n) is 3.16. The zero-order valence-electron chi connectivity index (χ0n) is 8.87. The molecule has 90 valence electrons. The number of hydrogen-bond acceptors (Lipinski definition) is 4. The molecule has 17 heavy (non-hydrogen) atoms. The highest BCUT2D eigenvalue weighted by Gasteiger charge is 2.22. The number of nitrogens with zero attached hydrogens (tertiary/aromatic N) is 2. The average molecular weight is 237 g/mol. The number of ketones is 1. The molecule has 2 amide bonds. The maximum absolute atomic E-state index is 11.7. The number of amides is 2. The molecule has 0 aromatic rings. The van der Waals surface area contributed by atoms with E-state index in [0.29, 0.717) is 0 Å². The molecule has 0 fully saturated rings. The standard InChI is InChI=1S/C10H11N3O4/c11-10(17)13-6-2-1-5-12-9(13)7(14)3-4-8(15)16/h1-2,5-6H,3-4H2,(H2,11,17)(H,15,16). The van der Waals surface area contributed by atoms with Crippen molar-refractivity contribution < 1.29 is 19.5 Å². The summed E-state index contributed by atoms with van der Waals surface area (Å²) in [6.45, 7) is 0. The zero-order chi connectivity index (χ0) is 12.8. The minimum Gasteiger partial charge on any atom is -0.481 e. The number of Topliss-reactive ketones (excluding diaryl/α,β-unsaturated/α-hetero) is 1. The van der Waals surface area contributed by atoms with E-state index in [1.165, 1.54) is 24.6 Å². The van der Waals surface area contributed by atoms with Crippen LogP contribution in [0.25, 0.3) is 0 Å². The summed E-state index contributed by atoms with van der Waals surface area (Å²) in [5, 5.41) is 8.47. The molecule has 0 saturated heterocycles. The van der Waals surface area contributed by atoms with Crippen LogP contribution >= 0.6 is 0 Å². The van der Waals surface area contributed by atoms with Gasteiger partial charge in [-0.2, -0.15) is 0 Å². The van der Waals surface area contributed by atoms with Crippen molar-refractivity contribution in [3.8, 4) is 0 Å². The molecule has 0 aromatic heterocycles. The molecule has 1 rings (SSSR count). The van der Waals surface area contributed by atoms with E-state index in [0.717, 1.165) is 4.90 Å². The summed E-state index contributed by atoms with van der Waals surface area (Å²) in [6, 6.07) is -0.854. The van der Waals surface area contributed by atoms with Gasteiger partial charge in [0.15, 0.2) is 11.6 Å². The second-order valence-corrected chi connectivity index (χ2v) is 3.16. The second kappa shape index (κ2) is 5.59. The molecule has 7 heteroatoms. The number of nitrogens with two attached hydrogens (primary N) is 1. The van der Waals surface area contributed by atoms with Crippen molar-refractivity contribution in [2.75, 3.05) is 0 Å². The van der Waals surface area contributed by atoms with E-state index in [1.807, 2.05) is 0 Å². The van der Waals surface area contributed by atoms with Crippen LogP contribution in [0.1, 0.15) is 12.8 Å². The van der Waals surface area contributed by atoms with Gasteiger partial charge >= 0.3 is 12.0 Å². The number of aliphatic imine (C=N–C) groups is 1. The van der Waals surface area contributed by atoms with Crippen LogP contribution < -0.4 is 5.73 Å². The van der Waals surface area contributed by atoms with E-state index < -0.39 is 17.8 Å². The van der Waals surface area contributed by atoms with E-state index in [9.17, 15) is 14.4 Å². The number of primary amides is 1. The molecular weight excluding hydrogens is 226 g/mol. The fourth-order valence-electron chi connectivity index (χ4n) is 1.15. The lowest BCUT2D eigenvalue weighted by Gasteiger charge is -2.15. The third kappa shape index (κ3) is 3.56. The Balaban J connectivity index is 2.84. The van der Waals surface area contributed by atoms with Crippen LogP contribution in [0.15, 0.2) is 29.5 Å². The number of allylic oxidation sites excluding steroid dienone is 2. The number of aliphatic carboxylic acids is 1. The predicted molar refractivity (Wildman–Crippen MR) is 59.0 cm³/mol. The lowest BCUT2D eigenvalue weighted by Crippen LogP contribution is -2.40. The van der Waals surface area contributed by atoms with Gasteiger partial charge in [-0.25, -0.2) is 9.79 Å². The van der Waals surface area contributed by atoms with E-state index in [1.54, 1.807) is 0 Å². The number of carboxylic acids is 1. The summed E-state index contributed by atoms with van der Waals surface area (Å²) in [7, 11) is 0. The van der Waals surface area contributed by atoms with Crippen LogP contribution in [0.4, 0.5) is 4.79 Å². The molecular formula is C10H11N3O4. The Morgan fingerprint density at radius 2 is 2.00 bits per heavy atom. The van der Waals surface area contributed by atoms with E-state index in [2.05, 4.69) is 4.99 Å². The largest absolute Gasteiger partial charge is 0.481 e. The molecule has 0 atom stereocenters. The van der Waals surface area contributed by atoms with Gasteiger partial charge in [-0.3, -0.25) is 14.5 Å². The third-order valence-electron chi connectivity index (χ3n) is 1.91. The first-order valence-corrected chi connectivity index (χ1v) is 4.77. The molecule has 0 radical (unpaired) electrons. The van der Waals surface area contributed by atoms with Gasteiger partial charge in [-0.1, -0.05) is 0 Å². The zero-order valence-corrected chi connectivity index (χ0v) is 8.87. The first-order valence-electron chi connectivity index (χ1n) is 4.77. The highest BCUT2D eigenvalue weighted by atomic mass is 16.4. The number of carboxylic acid groups (broad SMARTS) is 1. The third-order valence-corrected chi connectivity index (χ3v) is 1.91. The van der Waals surface area contributed by atoms with E-state index >= 15 is 0 Å². The van der Waals surface area contributed by atoms with Gasteiger partial charge in [0.05, 0.1) is 6.42 Å². The summed E-state index contributed by atoms with van der Waals surface area (Å²) in [5.41, 5.74) is 5.08. The van der Waals surface area contributed by atoms with Crippen LogP contribution in [-0.4, -0.2) is 33.6 Å². The Hall–Kier alpha value is -2.44. The Labute approximate surface area is 96.9 Å². The Morgan fingerprint density at radius 3 is 2.59 bits per heavy atom. The van der Waals surface area contributed by atoms with Crippen LogP contribution in [0.5, 0.6) is 0 Å². The van der Waals surface area contributed by atoms with Gasteiger partial charge < -0.3 is 10.8 Å². The fraction of sp³-hybridized carbons (Fsp3) is 0.200. The number of hydrogen-bond donors (Lipinski definition) is 2. The van der Waals surface area contributed by atoms with Gasteiger partial charge in [0, 0.05) is 18.8 Å². The minimum absolute atomic E-state index is 0.177. The molecule has 0 saturated carbocycles. The number of amidine groups is 1. The maximum Gasteiger partial charge on any atom is 0.324 e. The molecule has 3 N–H and O–H groups in total. The Morgan fingerprint density at radius 1 is 1.29 bits per heavy atom. The van der Waals surface area contributed by atoms with Crippen molar-refractivity contribution in [2.24, 2.45) is 10.7 Å². The van der Waals surface area contributed by atoms with Crippen molar-refractivity contribution in [3.05, 3.63) is 24.6 Å². The highest BCUT2D eigenvalue weighted by molar-refractivity contribution is 6.41. The van der Waals surface area contributed by atoms with Crippen molar-refractivity contribution in [1.82, 2.24) is 4.90 Å². The molecule has 0 aromatic carbocycles. The van der Waals surface area contributed by atoms with E-state index in [4.69, 9.17) is 10.8 Å². The lowest BCUT2D eigenvalue weighted by atomic mass is 10.2. The molecule has 1 aliphatic heterocycles. The molecule has 0 spiro atoms. The summed E-state index contributed by atoms with van der Waals surface area (Å²) in [5.74, 6) is -1.82. The molecule has 0 bridgehead atoms. The molecule has 0 aliphatic carbocycles. The highest BCUT2D eigenvalue weighted by Crippen LogP contribution is 2.04. The summed E-state index contributed by atoms with van der Waals surface area (Å²) < 4.78 is 0. The van der Waals surface area contributed by atoms with Gasteiger partial charge in [-0.05, 0) is 12.2 Å². The molecule has 7 nitrogen and oxygen atoms in total. The normalized spacial score (nSPS) is 14.1. The van der Waals surface area contributed by atoms with Crippen molar-refractivity contribution >= 4 is 23.6 Å². The Bertz CT molecular complexity index is 437. The van der Waals surface area contributed by atoms with Gasteiger partial charge in [0.25, 0.3) is 0 Å². The molecule has 0 unspecified atom stereocenters. The number of rotatable bonds is 4. The summed E-state index contributed by atoms with van der Waals surface area (Å²) in [6.07, 6.45) is 5.08. The summed E-state index contributed by atoms with van der Waals surface area (Å²) in [4.78, 5) is 37.7. The monoisotopic (exact) mass is 237 g/mol. The van der Waals surface area contributed by atoms with Crippen LogP contribution in [0, 0.1) is 0 Å². The average Bonchev–Trinajstić information content (AvgIpc) is 2.50.